The summed E-state index contributed by atoms with van der Waals surface area (Å²) >= 11 is 6.12. The number of carbonyl (C=O) groups excluding carboxylic acids is 2. The Balaban J connectivity index is 1.77. The molecule has 0 bridgehead atoms. The molecule has 0 unspecified atom stereocenters. The molecule has 0 aromatic heterocycles. The quantitative estimate of drug-likeness (QED) is 0.649. The predicted octanol–water partition coefficient (Wildman–Crippen LogP) is 4.69. The highest BCUT2D eigenvalue weighted by molar-refractivity contribution is 6.34. The average Bonchev–Trinajstić information content (AvgIpc) is 2.69. The zero-order chi connectivity index (χ0) is 19.4. The molecule has 5 nitrogen and oxygen atoms in total. The fourth-order valence-corrected chi connectivity index (χ4v) is 2.81. The number of esters is 1. The van der Waals surface area contributed by atoms with Crippen molar-refractivity contribution in [2.75, 3.05) is 12.4 Å². The highest BCUT2D eigenvalue weighted by Gasteiger charge is 2.18. The molecule has 1 amide bonds. The number of halogens is 1. The van der Waals surface area contributed by atoms with E-state index in [1.165, 1.54) is 25.3 Å². The molecule has 138 valence electrons. The van der Waals surface area contributed by atoms with Crippen LogP contribution < -0.4 is 10.1 Å². The first-order valence-electron chi connectivity index (χ1n) is 8.32. The van der Waals surface area contributed by atoms with Crippen LogP contribution in [0.3, 0.4) is 0 Å². The molecule has 6 heteroatoms. The highest BCUT2D eigenvalue weighted by atomic mass is 35.5. The third-order valence-electron chi connectivity index (χ3n) is 4.07. The van der Waals surface area contributed by atoms with Gasteiger partial charge in [-0.15, -0.1) is 0 Å². The van der Waals surface area contributed by atoms with Gasteiger partial charge >= 0.3 is 5.97 Å². The number of rotatable bonds is 5. The van der Waals surface area contributed by atoms with Gasteiger partial charge in [-0.2, -0.15) is 0 Å². The molecule has 0 radical (unpaired) electrons. The smallest absolute Gasteiger partial charge is 0.337 e. The molecule has 0 heterocycles. The van der Waals surface area contributed by atoms with Gasteiger partial charge in [-0.05, 0) is 36.6 Å². The van der Waals surface area contributed by atoms with Gasteiger partial charge in [0.15, 0.2) is 6.10 Å². The number of amides is 1. The van der Waals surface area contributed by atoms with Gasteiger partial charge in [0.1, 0.15) is 5.75 Å². The lowest BCUT2D eigenvalue weighted by molar-refractivity contribution is -0.122. The van der Waals surface area contributed by atoms with Crippen molar-refractivity contribution < 1.29 is 19.1 Å². The average molecular weight is 384 g/mol. The molecule has 0 aliphatic carbocycles. The van der Waals surface area contributed by atoms with E-state index >= 15 is 0 Å². The van der Waals surface area contributed by atoms with Crippen LogP contribution in [0.2, 0.25) is 5.02 Å². The molecule has 0 aliphatic rings. The first-order valence-corrected chi connectivity index (χ1v) is 8.70. The van der Waals surface area contributed by atoms with E-state index in [-0.39, 0.29) is 5.91 Å². The second-order valence-electron chi connectivity index (χ2n) is 5.91. The van der Waals surface area contributed by atoms with Crippen molar-refractivity contribution in [3.8, 4) is 5.75 Å². The Morgan fingerprint density at radius 1 is 1.04 bits per heavy atom. The van der Waals surface area contributed by atoms with Crippen LogP contribution in [-0.4, -0.2) is 25.1 Å². The molecular formula is C21H18ClNO4. The molecule has 0 fully saturated rings. The Hall–Kier alpha value is -3.05. The third kappa shape index (κ3) is 4.20. The number of hydrogen-bond donors (Lipinski definition) is 1. The van der Waals surface area contributed by atoms with E-state index in [4.69, 9.17) is 16.3 Å². The number of fused-ring (bicyclic) bond motifs is 1. The SMILES string of the molecule is COC(=O)c1ccc(Cl)c(NC(=O)[C@H](C)Oc2cccc3ccccc23)c1. The summed E-state index contributed by atoms with van der Waals surface area (Å²) in [6.07, 6.45) is -0.770. The van der Waals surface area contributed by atoms with Gasteiger partial charge in [0.25, 0.3) is 5.91 Å². The van der Waals surface area contributed by atoms with E-state index in [0.717, 1.165) is 10.8 Å². The van der Waals surface area contributed by atoms with Gasteiger partial charge in [-0.1, -0.05) is 48.0 Å². The Morgan fingerprint density at radius 2 is 1.78 bits per heavy atom. The van der Waals surface area contributed by atoms with Crippen LogP contribution in [0.1, 0.15) is 17.3 Å². The van der Waals surface area contributed by atoms with Crippen LogP contribution >= 0.6 is 11.6 Å². The number of ether oxygens (including phenoxy) is 2. The Labute approximate surface area is 161 Å². The Kier molecular flexibility index (Phi) is 5.62. The molecule has 1 atom stereocenters. The van der Waals surface area contributed by atoms with Crippen molar-refractivity contribution >= 4 is 39.9 Å². The molecule has 3 aromatic rings. The maximum atomic E-state index is 12.5. The van der Waals surface area contributed by atoms with Gasteiger partial charge in [0.2, 0.25) is 0 Å². The van der Waals surface area contributed by atoms with Crippen LogP contribution in [0.15, 0.2) is 60.7 Å². The second-order valence-corrected chi connectivity index (χ2v) is 6.32. The molecule has 1 N–H and O–H groups in total. The molecule has 3 aromatic carbocycles. The molecule has 27 heavy (non-hydrogen) atoms. The minimum Gasteiger partial charge on any atom is -0.480 e. The monoisotopic (exact) mass is 383 g/mol. The lowest BCUT2D eigenvalue weighted by atomic mass is 10.1. The van der Waals surface area contributed by atoms with Crippen LogP contribution in [-0.2, 0) is 9.53 Å². The van der Waals surface area contributed by atoms with Crippen molar-refractivity contribution in [1.82, 2.24) is 0 Å². The normalized spacial score (nSPS) is 11.7. The lowest BCUT2D eigenvalue weighted by Gasteiger charge is -2.17. The zero-order valence-electron chi connectivity index (χ0n) is 14.9. The Morgan fingerprint density at radius 3 is 2.56 bits per heavy atom. The van der Waals surface area contributed by atoms with E-state index in [9.17, 15) is 9.59 Å². The van der Waals surface area contributed by atoms with Gasteiger partial charge in [-0.3, -0.25) is 4.79 Å². The molecule has 0 aliphatic heterocycles. The number of hydrogen-bond acceptors (Lipinski definition) is 4. The molecule has 3 rings (SSSR count). The molecule has 0 saturated heterocycles. The largest absolute Gasteiger partial charge is 0.480 e. The summed E-state index contributed by atoms with van der Waals surface area (Å²) < 4.78 is 10.5. The van der Waals surface area contributed by atoms with Crippen LogP contribution in [0.25, 0.3) is 10.8 Å². The molecule has 0 saturated carbocycles. The fourth-order valence-electron chi connectivity index (χ4n) is 2.64. The summed E-state index contributed by atoms with van der Waals surface area (Å²) in [5.74, 6) is -0.278. The zero-order valence-corrected chi connectivity index (χ0v) is 15.6. The van der Waals surface area contributed by atoms with Gasteiger partial charge < -0.3 is 14.8 Å². The maximum absolute atomic E-state index is 12.5. The summed E-state index contributed by atoms with van der Waals surface area (Å²) in [6, 6.07) is 18.0. The van der Waals surface area contributed by atoms with Crippen molar-refractivity contribution in [2.45, 2.75) is 13.0 Å². The van der Waals surface area contributed by atoms with Gasteiger partial charge in [0.05, 0.1) is 23.4 Å². The number of nitrogens with one attached hydrogen (secondary N) is 1. The third-order valence-corrected chi connectivity index (χ3v) is 4.40. The standard InChI is InChI=1S/C21H18ClNO4/c1-13(27-19-9-5-7-14-6-3-4-8-16(14)19)20(24)23-18-12-15(21(25)26-2)10-11-17(18)22/h3-13H,1-2H3,(H,23,24)/t13-/m0/s1. The summed E-state index contributed by atoms with van der Waals surface area (Å²) in [4.78, 5) is 24.2. The van der Waals surface area contributed by atoms with E-state index in [1.807, 2.05) is 42.5 Å². The first kappa shape index (κ1) is 18.7. The van der Waals surface area contributed by atoms with Gasteiger partial charge in [-0.25, -0.2) is 4.79 Å². The van der Waals surface area contributed by atoms with Gasteiger partial charge in [0, 0.05) is 5.39 Å². The minimum absolute atomic E-state index is 0.292. The fraction of sp³-hybridized carbons (Fsp3) is 0.143. The highest BCUT2D eigenvalue weighted by Crippen LogP contribution is 2.27. The van der Waals surface area contributed by atoms with E-state index in [0.29, 0.717) is 22.0 Å². The number of carbonyl (C=O) groups is 2. The summed E-state index contributed by atoms with van der Waals surface area (Å²) in [6.45, 7) is 1.65. The van der Waals surface area contributed by atoms with Crippen molar-refractivity contribution in [3.63, 3.8) is 0 Å². The van der Waals surface area contributed by atoms with Crippen molar-refractivity contribution in [3.05, 3.63) is 71.2 Å². The summed E-state index contributed by atoms with van der Waals surface area (Å²) in [5, 5.41) is 4.95. The number of methoxy groups -OCH3 is 1. The lowest BCUT2D eigenvalue weighted by Crippen LogP contribution is -2.30. The predicted molar refractivity (Wildman–Crippen MR) is 105 cm³/mol. The van der Waals surface area contributed by atoms with E-state index < -0.39 is 12.1 Å². The van der Waals surface area contributed by atoms with Crippen molar-refractivity contribution in [1.29, 1.82) is 0 Å². The molecular weight excluding hydrogens is 366 g/mol. The maximum Gasteiger partial charge on any atom is 0.337 e. The Bertz CT molecular complexity index is 997. The van der Waals surface area contributed by atoms with E-state index in [2.05, 4.69) is 10.1 Å². The van der Waals surface area contributed by atoms with Crippen LogP contribution in [0, 0.1) is 0 Å². The van der Waals surface area contributed by atoms with Crippen LogP contribution in [0.5, 0.6) is 5.75 Å². The topological polar surface area (TPSA) is 64.6 Å². The first-order chi connectivity index (χ1) is 13.0. The summed E-state index contributed by atoms with van der Waals surface area (Å²) in [5.41, 5.74) is 0.609. The van der Waals surface area contributed by atoms with Crippen molar-refractivity contribution in [2.24, 2.45) is 0 Å². The number of benzene rings is 3. The molecule has 0 spiro atoms. The van der Waals surface area contributed by atoms with Crippen LogP contribution in [0.4, 0.5) is 5.69 Å². The minimum atomic E-state index is -0.770. The van der Waals surface area contributed by atoms with E-state index in [1.54, 1.807) is 6.92 Å². The number of anilines is 1. The summed E-state index contributed by atoms with van der Waals surface area (Å²) in [7, 11) is 1.29. The second kappa shape index (κ2) is 8.10.